The lowest BCUT2D eigenvalue weighted by Crippen LogP contribution is -2.34. The van der Waals surface area contributed by atoms with Crippen molar-refractivity contribution in [2.75, 3.05) is 24.3 Å². The van der Waals surface area contributed by atoms with E-state index in [0.717, 1.165) is 49.2 Å². The molecule has 332 valence electrons. The summed E-state index contributed by atoms with van der Waals surface area (Å²) in [6.07, 6.45) is 0. The number of thiophene rings is 2. The predicted octanol–water partition coefficient (Wildman–Crippen LogP) is 11.5. The molecule has 4 N–H and O–H groups in total. The molecule has 8 rings (SSSR count). The Morgan fingerprint density at radius 2 is 1.11 bits per heavy atom. The number of ether oxygens (including phenoxy) is 2. The van der Waals surface area contributed by atoms with Crippen molar-refractivity contribution in [3.05, 3.63) is 165 Å². The zero-order valence-electron chi connectivity index (χ0n) is 36.1. The molecule has 12 nitrogen and oxygen atoms in total. The van der Waals surface area contributed by atoms with Crippen LogP contribution in [0.3, 0.4) is 0 Å². The van der Waals surface area contributed by atoms with E-state index in [1.54, 1.807) is 62.4 Å². The molecule has 0 aliphatic carbocycles. The van der Waals surface area contributed by atoms with E-state index in [1.807, 2.05) is 104 Å². The third kappa shape index (κ3) is 11.9. The molecular formula is C50H42N6O6S4. The van der Waals surface area contributed by atoms with E-state index in [2.05, 4.69) is 32.8 Å². The van der Waals surface area contributed by atoms with E-state index >= 15 is 0 Å². The first-order valence-corrected chi connectivity index (χ1v) is 22.8. The quantitative estimate of drug-likeness (QED) is 0.0710. The number of anilines is 2. The number of thiocarbonyl (C=S) groups is 2. The van der Waals surface area contributed by atoms with Gasteiger partial charge in [-0.3, -0.25) is 14.9 Å². The van der Waals surface area contributed by atoms with Crippen LogP contribution in [0.4, 0.5) is 11.4 Å². The summed E-state index contributed by atoms with van der Waals surface area (Å²) in [7, 11) is 0. The van der Waals surface area contributed by atoms with Gasteiger partial charge in [0.25, 0.3) is 11.8 Å². The molecule has 0 radical (unpaired) electrons. The monoisotopic (exact) mass is 950 g/mol. The first-order chi connectivity index (χ1) is 31.9. The smallest absolute Gasteiger partial charge is 0.350 e. The van der Waals surface area contributed by atoms with Gasteiger partial charge in [-0.25, -0.2) is 19.6 Å². The lowest BCUT2D eigenvalue weighted by molar-refractivity contribution is 0.0523. The van der Waals surface area contributed by atoms with Crippen molar-refractivity contribution in [1.82, 2.24) is 15.3 Å². The Morgan fingerprint density at radius 3 is 1.61 bits per heavy atom. The maximum Gasteiger partial charge on any atom is 0.350 e. The summed E-state index contributed by atoms with van der Waals surface area (Å²) in [5.74, 6) is -1.54. The zero-order chi connectivity index (χ0) is 47.2. The predicted molar refractivity (Wildman–Crippen MR) is 272 cm³/mol. The molecule has 8 aromatic rings. The second-order valence-corrected chi connectivity index (χ2v) is 16.6. The van der Waals surface area contributed by atoms with Crippen LogP contribution in [0.25, 0.3) is 42.9 Å². The van der Waals surface area contributed by atoms with Gasteiger partial charge in [-0.2, -0.15) is 4.99 Å². The highest BCUT2D eigenvalue weighted by atomic mass is 32.1. The highest BCUT2D eigenvalue weighted by Crippen LogP contribution is 2.40. The molecule has 0 atom stereocenters. The number of esters is 2. The summed E-state index contributed by atoms with van der Waals surface area (Å²) in [5, 5.41) is 9.42. The van der Waals surface area contributed by atoms with Gasteiger partial charge in [0.15, 0.2) is 5.11 Å². The van der Waals surface area contributed by atoms with Crippen molar-refractivity contribution in [2.45, 2.75) is 27.7 Å². The molecule has 0 aliphatic rings. The molecule has 0 saturated heterocycles. The van der Waals surface area contributed by atoms with Crippen LogP contribution in [0.5, 0.6) is 0 Å². The molecule has 66 heavy (non-hydrogen) atoms. The minimum absolute atomic E-state index is 0.0839. The summed E-state index contributed by atoms with van der Waals surface area (Å²) >= 11 is 12.2. The lowest BCUT2D eigenvalue weighted by atomic mass is 10.1. The Hall–Kier alpha value is -7.33. The van der Waals surface area contributed by atoms with Crippen LogP contribution in [0.2, 0.25) is 0 Å². The van der Waals surface area contributed by atoms with Crippen LogP contribution in [0.15, 0.2) is 138 Å². The van der Waals surface area contributed by atoms with Crippen molar-refractivity contribution in [2.24, 2.45) is 4.99 Å². The number of nitrogens with one attached hydrogen (secondary N) is 2. The SMILES string of the molecule is CCOC(=O)c1sc2nc(-c3ccccc3)cc(C)c2c1N.CCOC(=O)c1sc2nc(-c3ccccc3)cc(C)c2c1NC(=S)NC(=O)c1ccccc1.O=C(N=C=S)c1ccccc1. The fourth-order valence-corrected chi connectivity index (χ4v) is 8.95. The van der Waals surface area contributed by atoms with Crippen molar-refractivity contribution < 1.29 is 28.7 Å². The van der Waals surface area contributed by atoms with Crippen molar-refractivity contribution in [3.63, 3.8) is 0 Å². The first kappa shape index (κ1) is 48.1. The van der Waals surface area contributed by atoms with Gasteiger partial charge < -0.3 is 20.5 Å². The Labute approximate surface area is 399 Å². The van der Waals surface area contributed by atoms with Crippen molar-refractivity contribution in [3.8, 4) is 22.5 Å². The number of rotatable bonds is 9. The van der Waals surface area contributed by atoms with Gasteiger partial charge in [0.05, 0.1) is 41.1 Å². The van der Waals surface area contributed by atoms with E-state index in [1.165, 1.54) is 22.7 Å². The number of hydrogen-bond acceptors (Lipinski definition) is 13. The molecule has 0 spiro atoms. The number of isothiocyanates is 1. The maximum absolute atomic E-state index is 12.7. The van der Waals surface area contributed by atoms with Gasteiger partial charge in [-0.1, -0.05) is 97.1 Å². The third-order valence-electron chi connectivity index (χ3n) is 9.49. The lowest BCUT2D eigenvalue weighted by Gasteiger charge is -2.12. The molecule has 0 unspecified atom stereocenters. The fraction of sp³-hybridized carbons (Fsp3) is 0.120. The molecule has 0 fully saturated rings. The Bertz CT molecular complexity index is 3080. The third-order valence-corrected chi connectivity index (χ3v) is 11.9. The maximum atomic E-state index is 12.7. The van der Waals surface area contributed by atoms with Crippen molar-refractivity contribution >= 4 is 113 Å². The zero-order valence-corrected chi connectivity index (χ0v) is 39.4. The molecule has 0 saturated carbocycles. The molecule has 4 aromatic heterocycles. The highest BCUT2D eigenvalue weighted by Gasteiger charge is 2.24. The standard InChI is InChI=1S/C25H21N3O3S2.C17H16N2O2S.C8H5NOS/c1-3-31-24(30)21-20(27-25(32)28-22(29)17-12-8-5-9-13-17)19-15(2)14-18(26-23(19)33-21)16-10-6-4-7-11-16;1-3-21-17(20)15-14(18)13-10(2)9-12(19-16(13)22-15)11-7-5-4-6-8-11;10-8(9-6-11)7-4-2-1-3-5-7/h4-14H,3H2,1-2H3,(H2,27,28,29,32);4-9H,3,18H2,1-2H3;1-5H. The number of aryl methyl sites for hydroxylation is 2. The number of nitrogens with zero attached hydrogens (tertiary/aromatic N) is 3. The number of nitrogens with two attached hydrogens (primary N) is 1. The largest absolute Gasteiger partial charge is 0.462 e. The van der Waals surface area contributed by atoms with Crippen molar-refractivity contribution in [1.29, 1.82) is 0 Å². The molecular weight excluding hydrogens is 909 g/mol. The van der Waals surface area contributed by atoms with E-state index in [4.69, 9.17) is 32.4 Å². The van der Waals surface area contributed by atoms with Gasteiger partial charge >= 0.3 is 11.9 Å². The Kier molecular flexibility index (Phi) is 16.8. The average molecular weight is 951 g/mol. The summed E-state index contributed by atoms with van der Waals surface area (Å²) in [6.45, 7) is 8.03. The van der Waals surface area contributed by atoms with Gasteiger partial charge in [-0.05, 0) is 99.7 Å². The minimum atomic E-state index is -0.471. The normalized spacial score (nSPS) is 10.3. The number of benzene rings is 4. The Morgan fingerprint density at radius 1 is 0.667 bits per heavy atom. The van der Waals surface area contributed by atoms with Crippen LogP contribution in [0.1, 0.15) is 65.0 Å². The van der Waals surface area contributed by atoms with Crippen LogP contribution < -0.4 is 16.4 Å². The molecule has 4 aromatic carbocycles. The molecule has 0 aliphatic heterocycles. The van der Waals surface area contributed by atoms with Gasteiger partial charge in [0.2, 0.25) is 0 Å². The minimum Gasteiger partial charge on any atom is -0.462 e. The topological polar surface area (TPSA) is 175 Å². The second kappa shape index (κ2) is 23.0. The molecule has 2 amide bonds. The number of pyridine rings is 2. The average Bonchev–Trinajstić information content (AvgIpc) is 3.88. The first-order valence-electron chi connectivity index (χ1n) is 20.4. The summed E-state index contributed by atoms with van der Waals surface area (Å²) in [6, 6.07) is 41.2. The number of hydrogen-bond donors (Lipinski definition) is 3. The van der Waals surface area contributed by atoms with Crippen LogP contribution in [-0.2, 0) is 9.47 Å². The Balaban J connectivity index is 0.000000186. The van der Waals surface area contributed by atoms with Gasteiger partial charge in [-0.15, -0.1) is 22.7 Å². The highest BCUT2D eigenvalue weighted by molar-refractivity contribution is 7.80. The number of aliphatic imine (C=N–C) groups is 1. The molecule has 0 bridgehead atoms. The summed E-state index contributed by atoms with van der Waals surface area (Å²) < 4.78 is 10.3. The molecule has 16 heteroatoms. The van der Waals surface area contributed by atoms with Crippen LogP contribution in [-0.4, -0.2) is 57.2 Å². The number of aromatic nitrogens is 2. The summed E-state index contributed by atoms with van der Waals surface area (Å²) in [4.78, 5) is 63.1. The van der Waals surface area contributed by atoms with Crippen LogP contribution >= 0.6 is 47.1 Å². The van der Waals surface area contributed by atoms with E-state index in [0.29, 0.717) is 43.7 Å². The van der Waals surface area contributed by atoms with Gasteiger partial charge in [0, 0.05) is 33.0 Å². The number of fused-ring (bicyclic) bond motifs is 2. The van der Waals surface area contributed by atoms with E-state index in [-0.39, 0.29) is 29.5 Å². The fourth-order valence-electron chi connectivity index (χ4n) is 6.51. The second-order valence-electron chi connectivity index (χ2n) is 14.0. The summed E-state index contributed by atoms with van der Waals surface area (Å²) in [5.41, 5.74) is 13.7. The number of carbonyl (C=O) groups is 4. The van der Waals surface area contributed by atoms with Crippen LogP contribution in [0, 0.1) is 13.8 Å². The number of nitrogen functional groups attached to an aromatic ring is 1. The number of amides is 2. The van der Waals surface area contributed by atoms with E-state index < -0.39 is 5.97 Å². The van der Waals surface area contributed by atoms with E-state index in [9.17, 15) is 19.2 Å². The number of carbonyl (C=O) groups excluding carboxylic acids is 4. The molecule has 4 heterocycles. The van der Waals surface area contributed by atoms with Gasteiger partial charge in [0.1, 0.15) is 19.4 Å².